The number of aryl methyl sites for hydroxylation is 2. The first-order chi connectivity index (χ1) is 8.56. The third-order valence-electron chi connectivity index (χ3n) is 2.63. The van der Waals surface area contributed by atoms with Gasteiger partial charge in [-0.25, -0.2) is 0 Å². The fourth-order valence-corrected chi connectivity index (χ4v) is 2.81. The monoisotopic (exact) mass is 271 g/mol. The van der Waals surface area contributed by atoms with Gasteiger partial charge in [0.2, 0.25) is 0 Å². The smallest absolute Gasteiger partial charge is 0.0984 e. The lowest BCUT2D eigenvalue weighted by atomic mass is 10.2. The average molecular weight is 271 g/mol. The van der Waals surface area contributed by atoms with Crippen molar-refractivity contribution in [2.75, 3.05) is 26.0 Å². The molecule has 1 N–H and O–H groups in total. The molecule has 0 atom stereocenters. The number of thioether (sulfide) groups is 1. The average Bonchev–Trinajstić information content (AvgIpc) is 2.57. The summed E-state index contributed by atoms with van der Waals surface area (Å²) in [5.74, 6) is 1.82. The molecule has 0 radical (unpaired) electrons. The SMILES string of the molecule is COCCNCc1c(C)nn(C)c1SCC(C)C. The Morgan fingerprint density at radius 2 is 2.17 bits per heavy atom. The molecule has 0 unspecified atom stereocenters. The van der Waals surface area contributed by atoms with Crippen LogP contribution in [-0.4, -0.2) is 35.8 Å². The van der Waals surface area contributed by atoms with Crippen molar-refractivity contribution in [2.24, 2.45) is 13.0 Å². The van der Waals surface area contributed by atoms with Crippen LogP contribution in [0.5, 0.6) is 0 Å². The molecular weight excluding hydrogens is 246 g/mol. The quantitative estimate of drug-likeness (QED) is 0.581. The molecule has 0 aromatic carbocycles. The Morgan fingerprint density at radius 1 is 1.44 bits per heavy atom. The van der Waals surface area contributed by atoms with E-state index in [1.165, 1.54) is 10.6 Å². The number of hydrogen-bond donors (Lipinski definition) is 1. The van der Waals surface area contributed by atoms with E-state index in [2.05, 4.69) is 31.2 Å². The maximum absolute atomic E-state index is 5.04. The van der Waals surface area contributed by atoms with Crippen LogP contribution in [0.3, 0.4) is 0 Å². The summed E-state index contributed by atoms with van der Waals surface area (Å²) in [5, 5.41) is 9.19. The summed E-state index contributed by atoms with van der Waals surface area (Å²) in [6.07, 6.45) is 0. The molecule has 0 amide bonds. The lowest BCUT2D eigenvalue weighted by Crippen LogP contribution is -2.19. The van der Waals surface area contributed by atoms with E-state index in [1.807, 2.05) is 23.5 Å². The van der Waals surface area contributed by atoms with Gasteiger partial charge in [-0.1, -0.05) is 13.8 Å². The van der Waals surface area contributed by atoms with Gasteiger partial charge in [-0.3, -0.25) is 4.68 Å². The lowest BCUT2D eigenvalue weighted by Gasteiger charge is -2.09. The molecular formula is C13H25N3OS. The molecule has 0 saturated heterocycles. The summed E-state index contributed by atoms with van der Waals surface area (Å²) in [6.45, 7) is 9.04. The predicted molar refractivity (Wildman–Crippen MR) is 77.1 cm³/mol. The molecule has 18 heavy (non-hydrogen) atoms. The first kappa shape index (κ1) is 15.5. The molecule has 0 aliphatic carbocycles. The zero-order chi connectivity index (χ0) is 13.5. The Labute approximate surface area is 114 Å². The maximum Gasteiger partial charge on any atom is 0.0984 e. The summed E-state index contributed by atoms with van der Waals surface area (Å²) in [4.78, 5) is 0. The Kier molecular flexibility index (Phi) is 6.75. The van der Waals surface area contributed by atoms with Crippen LogP contribution in [0.15, 0.2) is 5.03 Å². The molecule has 1 rings (SSSR count). The van der Waals surface area contributed by atoms with Crippen LogP contribution in [0.2, 0.25) is 0 Å². The second kappa shape index (κ2) is 7.81. The minimum atomic E-state index is 0.694. The highest BCUT2D eigenvalue weighted by atomic mass is 32.2. The first-order valence-corrected chi connectivity index (χ1v) is 7.39. The minimum absolute atomic E-state index is 0.694. The summed E-state index contributed by atoms with van der Waals surface area (Å²) >= 11 is 1.90. The summed E-state index contributed by atoms with van der Waals surface area (Å²) in [5.41, 5.74) is 2.44. The number of methoxy groups -OCH3 is 1. The van der Waals surface area contributed by atoms with Crippen LogP contribution >= 0.6 is 11.8 Å². The second-order valence-electron chi connectivity index (χ2n) is 4.87. The molecule has 0 aliphatic rings. The summed E-state index contributed by atoms with van der Waals surface area (Å²) in [7, 11) is 3.75. The number of aromatic nitrogens is 2. The summed E-state index contributed by atoms with van der Waals surface area (Å²) < 4.78 is 7.03. The molecule has 5 heteroatoms. The van der Waals surface area contributed by atoms with E-state index in [0.717, 1.165) is 31.1 Å². The second-order valence-corrected chi connectivity index (χ2v) is 5.88. The zero-order valence-corrected chi connectivity index (χ0v) is 12.9. The van der Waals surface area contributed by atoms with E-state index < -0.39 is 0 Å². The fraction of sp³-hybridized carbons (Fsp3) is 0.769. The van der Waals surface area contributed by atoms with Gasteiger partial charge < -0.3 is 10.1 Å². The van der Waals surface area contributed by atoms with E-state index in [-0.39, 0.29) is 0 Å². The van der Waals surface area contributed by atoms with Gasteiger partial charge in [0.05, 0.1) is 17.3 Å². The zero-order valence-electron chi connectivity index (χ0n) is 12.1. The van der Waals surface area contributed by atoms with Crippen molar-refractivity contribution in [2.45, 2.75) is 32.3 Å². The first-order valence-electron chi connectivity index (χ1n) is 6.41. The maximum atomic E-state index is 5.04. The van der Waals surface area contributed by atoms with Gasteiger partial charge >= 0.3 is 0 Å². The Hall–Kier alpha value is -0.520. The van der Waals surface area contributed by atoms with Crippen LogP contribution < -0.4 is 5.32 Å². The topological polar surface area (TPSA) is 39.1 Å². The molecule has 1 heterocycles. The molecule has 0 fully saturated rings. The molecule has 0 bridgehead atoms. The van der Waals surface area contributed by atoms with Gasteiger partial charge in [-0.15, -0.1) is 11.8 Å². The highest BCUT2D eigenvalue weighted by Gasteiger charge is 2.13. The van der Waals surface area contributed by atoms with Crippen molar-refractivity contribution < 1.29 is 4.74 Å². The molecule has 1 aromatic rings. The number of ether oxygens (including phenoxy) is 1. The minimum Gasteiger partial charge on any atom is -0.383 e. The van der Waals surface area contributed by atoms with Crippen LogP contribution in [0.4, 0.5) is 0 Å². The standard InChI is InChI=1S/C13H25N3OS/c1-10(2)9-18-13-12(8-14-6-7-17-5)11(3)15-16(13)4/h10,14H,6-9H2,1-5H3. The Bertz CT molecular complexity index is 363. The normalized spacial score (nSPS) is 11.4. The van der Waals surface area contributed by atoms with Gasteiger partial charge in [0.1, 0.15) is 0 Å². The molecule has 1 aromatic heterocycles. The van der Waals surface area contributed by atoms with Crippen molar-refractivity contribution >= 4 is 11.8 Å². The third-order valence-corrected chi connectivity index (χ3v) is 4.24. The Morgan fingerprint density at radius 3 is 2.78 bits per heavy atom. The van der Waals surface area contributed by atoms with Crippen LogP contribution in [-0.2, 0) is 18.3 Å². The van der Waals surface area contributed by atoms with E-state index in [9.17, 15) is 0 Å². The molecule has 0 aliphatic heterocycles. The van der Waals surface area contributed by atoms with Crippen LogP contribution in [0.25, 0.3) is 0 Å². The number of rotatable bonds is 8. The third kappa shape index (κ3) is 4.63. The number of nitrogens with zero attached hydrogens (tertiary/aromatic N) is 2. The van der Waals surface area contributed by atoms with E-state index in [1.54, 1.807) is 7.11 Å². The van der Waals surface area contributed by atoms with E-state index in [0.29, 0.717) is 5.92 Å². The van der Waals surface area contributed by atoms with Crippen molar-refractivity contribution in [1.82, 2.24) is 15.1 Å². The van der Waals surface area contributed by atoms with Crippen LogP contribution in [0.1, 0.15) is 25.1 Å². The fourth-order valence-electron chi connectivity index (χ4n) is 1.70. The predicted octanol–water partition coefficient (Wildman–Crippen LogP) is 2.21. The Balaban J connectivity index is 2.63. The van der Waals surface area contributed by atoms with E-state index >= 15 is 0 Å². The molecule has 0 saturated carbocycles. The lowest BCUT2D eigenvalue weighted by molar-refractivity contribution is 0.199. The van der Waals surface area contributed by atoms with Crippen molar-refractivity contribution in [3.8, 4) is 0 Å². The molecule has 104 valence electrons. The number of hydrogen-bond acceptors (Lipinski definition) is 4. The van der Waals surface area contributed by atoms with E-state index in [4.69, 9.17) is 4.74 Å². The van der Waals surface area contributed by atoms with Crippen molar-refractivity contribution in [3.63, 3.8) is 0 Å². The van der Waals surface area contributed by atoms with Gasteiger partial charge in [-0.05, 0) is 12.8 Å². The van der Waals surface area contributed by atoms with Crippen molar-refractivity contribution in [1.29, 1.82) is 0 Å². The highest BCUT2D eigenvalue weighted by molar-refractivity contribution is 7.99. The van der Waals surface area contributed by atoms with Gasteiger partial charge in [0.25, 0.3) is 0 Å². The largest absolute Gasteiger partial charge is 0.383 e. The van der Waals surface area contributed by atoms with Crippen molar-refractivity contribution in [3.05, 3.63) is 11.3 Å². The number of nitrogens with one attached hydrogen (secondary N) is 1. The molecule has 0 spiro atoms. The van der Waals surface area contributed by atoms with Crippen LogP contribution in [0, 0.1) is 12.8 Å². The van der Waals surface area contributed by atoms with Gasteiger partial charge in [0, 0.05) is 38.6 Å². The summed E-state index contributed by atoms with van der Waals surface area (Å²) in [6, 6.07) is 0. The highest BCUT2D eigenvalue weighted by Crippen LogP contribution is 2.26. The van der Waals surface area contributed by atoms with Gasteiger partial charge in [0.15, 0.2) is 0 Å². The molecule has 4 nitrogen and oxygen atoms in total. The van der Waals surface area contributed by atoms with Gasteiger partial charge in [-0.2, -0.15) is 5.10 Å².